The summed E-state index contributed by atoms with van der Waals surface area (Å²) < 4.78 is 1.94. The first-order valence-corrected chi connectivity index (χ1v) is 10.1. The van der Waals surface area contributed by atoms with Crippen LogP contribution in [0, 0.1) is 18.8 Å². The Balaban J connectivity index is 1.76. The van der Waals surface area contributed by atoms with Gasteiger partial charge >= 0.3 is 0 Å². The number of carbonyl (C=O) groups is 1. The summed E-state index contributed by atoms with van der Waals surface area (Å²) in [6.07, 6.45) is 5.50. The number of rotatable bonds is 4. The van der Waals surface area contributed by atoms with Crippen molar-refractivity contribution in [2.45, 2.75) is 59.4 Å². The molecule has 1 saturated carbocycles. The minimum atomic E-state index is 0.106. The largest absolute Gasteiger partial charge is 0.308 e. The average molecular weight is 364 g/mol. The molecule has 1 N–H and O–H groups in total. The van der Waals surface area contributed by atoms with Gasteiger partial charge in [-0.05, 0) is 43.4 Å². The molecule has 0 radical (unpaired) electrons. The summed E-state index contributed by atoms with van der Waals surface area (Å²) in [5.74, 6) is 1.32. The van der Waals surface area contributed by atoms with E-state index in [4.69, 9.17) is 10.1 Å². The molecule has 3 aromatic rings. The van der Waals surface area contributed by atoms with Crippen LogP contribution in [0.5, 0.6) is 0 Å². The van der Waals surface area contributed by atoms with Crippen molar-refractivity contribution in [3.63, 3.8) is 0 Å². The lowest BCUT2D eigenvalue weighted by atomic mass is 9.89. The highest BCUT2D eigenvalue weighted by Crippen LogP contribution is 2.29. The standard InChI is InChI=1S/C22H28N4O/c1-14(2)13-26-21-18(12-17-10-9-15(3)11-19(17)23-21)20(25-26)24-22(27)16-7-5-4-6-8-16/h9-12,14,16H,4-8,13H2,1-3H3,(H,24,25,27). The quantitative estimate of drug-likeness (QED) is 0.703. The van der Waals surface area contributed by atoms with Gasteiger partial charge in [0.05, 0.1) is 10.9 Å². The first kappa shape index (κ1) is 18.0. The third-order valence-corrected chi connectivity index (χ3v) is 5.43. The maximum atomic E-state index is 12.8. The van der Waals surface area contributed by atoms with Crippen molar-refractivity contribution >= 4 is 33.7 Å². The second-order valence-corrected chi connectivity index (χ2v) is 8.30. The highest BCUT2D eigenvalue weighted by atomic mass is 16.2. The zero-order valence-corrected chi connectivity index (χ0v) is 16.5. The molecule has 0 saturated heterocycles. The molecule has 0 atom stereocenters. The Labute approximate surface area is 160 Å². The fourth-order valence-corrected chi connectivity index (χ4v) is 4.01. The summed E-state index contributed by atoms with van der Waals surface area (Å²) in [5.41, 5.74) is 3.01. The van der Waals surface area contributed by atoms with Gasteiger partial charge in [0.2, 0.25) is 5.91 Å². The Morgan fingerprint density at radius 2 is 2.00 bits per heavy atom. The van der Waals surface area contributed by atoms with E-state index in [1.807, 2.05) is 4.68 Å². The fraction of sp³-hybridized carbons (Fsp3) is 0.500. The first-order chi connectivity index (χ1) is 13.0. The summed E-state index contributed by atoms with van der Waals surface area (Å²) in [5, 5.41) is 9.85. The summed E-state index contributed by atoms with van der Waals surface area (Å²) in [7, 11) is 0. The molecule has 1 fully saturated rings. The molecule has 0 bridgehead atoms. The minimum Gasteiger partial charge on any atom is -0.308 e. The van der Waals surface area contributed by atoms with Gasteiger partial charge in [0, 0.05) is 17.8 Å². The van der Waals surface area contributed by atoms with Crippen LogP contribution in [0.4, 0.5) is 5.82 Å². The van der Waals surface area contributed by atoms with Gasteiger partial charge in [0.15, 0.2) is 11.5 Å². The van der Waals surface area contributed by atoms with Gasteiger partial charge in [-0.1, -0.05) is 45.2 Å². The number of carbonyl (C=O) groups excluding carboxylic acids is 1. The van der Waals surface area contributed by atoms with Gasteiger partial charge in [-0.3, -0.25) is 4.79 Å². The van der Waals surface area contributed by atoms with Crippen molar-refractivity contribution in [2.75, 3.05) is 5.32 Å². The van der Waals surface area contributed by atoms with E-state index in [0.717, 1.165) is 54.2 Å². The van der Waals surface area contributed by atoms with Crippen molar-refractivity contribution < 1.29 is 4.79 Å². The molecular formula is C22H28N4O. The SMILES string of the molecule is Cc1ccc2cc3c(NC(=O)C4CCCCC4)nn(CC(C)C)c3nc2c1. The summed E-state index contributed by atoms with van der Waals surface area (Å²) >= 11 is 0. The number of aromatic nitrogens is 3. The topological polar surface area (TPSA) is 59.8 Å². The van der Waals surface area contributed by atoms with E-state index in [0.29, 0.717) is 11.7 Å². The lowest BCUT2D eigenvalue weighted by Gasteiger charge is -2.20. The number of nitrogens with zero attached hydrogens (tertiary/aromatic N) is 3. The molecule has 4 rings (SSSR count). The van der Waals surface area contributed by atoms with Crippen molar-refractivity contribution in [2.24, 2.45) is 11.8 Å². The lowest BCUT2D eigenvalue weighted by molar-refractivity contribution is -0.120. The van der Waals surface area contributed by atoms with Crippen molar-refractivity contribution in [1.29, 1.82) is 0 Å². The van der Waals surface area contributed by atoms with Gasteiger partial charge in [-0.15, -0.1) is 0 Å². The Morgan fingerprint density at radius 1 is 1.22 bits per heavy atom. The molecule has 2 aromatic heterocycles. The Morgan fingerprint density at radius 3 is 2.74 bits per heavy atom. The molecule has 1 amide bonds. The molecule has 1 aliphatic carbocycles. The fourth-order valence-electron chi connectivity index (χ4n) is 4.01. The lowest BCUT2D eigenvalue weighted by Crippen LogP contribution is -2.25. The van der Waals surface area contributed by atoms with E-state index < -0.39 is 0 Å². The van der Waals surface area contributed by atoms with Gasteiger partial charge < -0.3 is 5.32 Å². The molecule has 0 unspecified atom stereocenters. The molecule has 1 aliphatic rings. The highest BCUT2D eigenvalue weighted by Gasteiger charge is 2.23. The third-order valence-electron chi connectivity index (χ3n) is 5.43. The predicted octanol–water partition coefficient (Wildman–Crippen LogP) is 5.07. The number of benzene rings is 1. The maximum absolute atomic E-state index is 12.8. The second kappa shape index (κ2) is 7.29. The van der Waals surface area contributed by atoms with E-state index in [1.54, 1.807) is 0 Å². The maximum Gasteiger partial charge on any atom is 0.228 e. The van der Waals surface area contributed by atoms with E-state index in [9.17, 15) is 4.79 Å². The minimum absolute atomic E-state index is 0.106. The van der Waals surface area contributed by atoms with Crippen LogP contribution < -0.4 is 5.32 Å². The molecule has 5 nitrogen and oxygen atoms in total. The number of hydrogen-bond donors (Lipinski definition) is 1. The number of nitrogens with one attached hydrogen (secondary N) is 1. The molecule has 27 heavy (non-hydrogen) atoms. The molecular weight excluding hydrogens is 336 g/mol. The smallest absolute Gasteiger partial charge is 0.228 e. The first-order valence-electron chi connectivity index (χ1n) is 10.1. The molecule has 5 heteroatoms. The number of amides is 1. The Bertz CT molecular complexity index is 983. The van der Waals surface area contributed by atoms with Crippen molar-refractivity contribution in [1.82, 2.24) is 14.8 Å². The van der Waals surface area contributed by atoms with Crippen LogP contribution >= 0.6 is 0 Å². The van der Waals surface area contributed by atoms with Crippen LogP contribution in [0.15, 0.2) is 24.3 Å². The number of aryl methyl sites for hydroxylation is 1. The number of hydrogen-bond acceptors (Lipinski definition) is 3. The van der Waals surface area contributed by atoms with E-state index >= 15 is 0 Å². The van der Waals surface area contributed by atoms with Gasteiger partial charge in [0.25, 0.3) is 0 Å². The average Bonchev–Trinajstić information content (AvgIpc) is 2.96. The number of pyridine rings is 1. The zero-order chi connectivity index (χ0) is 19.0. The van der Waals surface area contributed by atoms with Crippen LogP contribution in [-0.4, -0.2) is 20.7 Å². The van der Waals surface area contributed by atoms with E-state index in [-0.39, 0.29) is 11.8 Å². The van der Waals surface area contributed by atoms with Crippen LogP contribution in [0.3, 0.4) is 0 Å². The summed E-state index contributed by atoms with van der Waals surface area (Å²) in [6, 6.07) is 8.39. The number of fused-ring (bicyclic) bond motifs is 2. The molecule has 0 spiro atoms. The van der Waals surface area contributed by atoms with Crippen molar-refractivity contribution in [3.05, 3.63) is 29.8 Å². The number of anilines is 1. The second-order valence-electron chi connectivity index (χ2n) is 8.30. The van der Waals surface area contributed by atoms with Crippen LogP contribution in [0.25, 0.3) is 21.9 Å². The van der Waals surface area contributed by atoms with Crippen LogP contribution in [-0.2, 0) is 11.3 Å². The third kappa shape index (κ3) is 3.68. The summed E-state index contributed by atoms with van der Waals surface area (Å²) in [6.45, 7) is 7.19. The normalized spacial score (nSPS) is 15.7. The molecule has 2 heterocycles. The van der Waals surface area contributed by atoms with Gasteiger partial charge in [0.1, 0.15) is 0 Å². The van der Waals surface area contributed by atoms with E-state index in [2.05, 4.69) is 50.4 Å². The van der Waals surface area contributed by atoms with Crippen molar-refractivity contribution in [3.8, 4) is 0 Å². The monoisotopic (exact) mass is 364 g/mol. The Kier molecular flexibility index (Phi) is 4.85. The Hall–Kier alpha value is -2.43. The molecule has 142 valence electrons. The zero-order valence-electron chi connectivity index (χ0n) is 16.5. The van der Waals surface area contributed by atoms with Gasteiger partial charge in [-0.25, -0.2) is 9.67 Å². The van der Waals surface area contributed by atoms with Crippen LogP contribution in [0.2, 0.25) is 0 Å². The predicted molar refractivity (Wildman–Crippen MR) is 110 cm³/mol. The van der Waals surface area contributed by atoms with E-state index in [1.165, 1.54) is 12.0 Å². The summed E-state index contributed by atoms with van der Waals surface area (Å²) in [4.78, 5) is 17.7. The van der Waals surface area contributed by atoms with Crippen LogP contribution in [0.1, 0.15) is 51.5 Å². The van der Waals surface area contributed by atoms with Gasteiger partial charge in [-0.2, -0.15) is 5.10 Å². The highest BCUT2D eigenvalue weighted by molar-refractivity contribution is 6.03. The molecule has 0 aliphatic heterocycles. The molecule has 1 aromatic carbocycles.